The van der Waals surface area contributed by atoms with Crippen LogP contribution in [0.25, 0.3) is 0 Å². The summed E-state index contributed by atoms with van der Waals surface area (Å²) in [5, 5.41) is 22.9. The molecule has 18 heavy (non-hydrogen) atoms. The summed E-state index contributed by atoms with van der Waals surface area (Å²) < 4.78 is 0. The van der Waals surface area contributed by atoms with Gasteiger partial charge in [0, 0.05) is 12.6 Å². The molecular weight excluding hydrogens is 273 g/mol. The molecule has 1 aromatic rings. The molecule has 0 radical (unpaired) electrons. The van der Waals surface area contributed by atoms with Crippen LogP contribution in [0.15, 0.2) is 12.1 Å². The highest BCUT2D eigenvalue weighted by Gasteiger charge is 2.18. The van der Waals surface area contributed by atoms with Gasteiger partial charge in [-0.15, -0.1) is 0 Å². The molecule has 0 aromatic heterocycles. The van der Waals surface area contributed by atoms with E-state index in [0.717, 1.165) is 31.2 Å². The lowest BCUT2D eigenvalue weighted by molar-refractivity contribution is 0.116. The van der Waals surface area contributed by atoms with E-state index >= 15 is 0 Å². The molecule has 0 atom stereocenters. The highest BCUT2D eigenvalue weighted by molar-refractivity contribution is 6.37. The molecule has 0 amide bonds. The fourth-order valence-electron chi connectivity index (χ4n) is 2.26. The van der Waals surface area contributed by atoms with Crippen LogP contribution in [0.2, 0.25) is 10.0 Å². The molecule has 3 N–H and O–H groups in total. The van der Waals surface area contributed by atoms with Crippen LogP contribution in [-0.2, 0) is 6.54 Å². The van der Waals surface area contributed by atoms with Gasteiger partial charge in [0.15, 0.2) is 5.75 Å². The Labute approximate surface area is 117 Å². The average Bonchev–Trinajstić information content (AvgIpc) is 2.35. The Kier molecular flexibility index (Phi) is 4.73. The van der Waals surface area contributed by atoms with Crippen LogP contribution in [0.5, 0.6) is 5.75 Å². The number of halogens is 2. The molecule has 1 aromatic carbocycles. The normalized spacial score (nSPS) is 24.2. The second-order valence-electron chi connectivity index (χ2n) is 4.79. The van der Waals surface area contributed by atoms with E-state index in [9.17, 15) is 10.2 Å². The summed E-state index contributed by atoms with van der Waals surface area (Å²) in [4.78, 5) is 0. The molecule has 0 bridgehead atoms. The Hall–Kier alpha value is -0.480. The largest absolute Gasteiger partial charge is 0.505 e. The van der Waals surface area contributed by atoms with Crippen molar-refractivity contribution in [3.8, 4) is 5.75 Å². The summed E-state index contributed by atoms with van der Waals surface area (Å²) in [6, 6.07) is 3.86. The lowest BCUT2D eigenvalue weighted by Gasteiger charge is -2.26. The third kappa shape index (κ3) is 3.51. The van der Waals surface area contributed by atoms with Crippen molar-refractivity contribution in [1.29, 1.82) is 0 Å². The molecule has 5 heteroatoms. The lowest BCUT2D eigenvalue weighted by Crippen LogP contribution is -2.34. The summed E-state index contributed by atoms with van der Waals surface area (Å²) in [6.07, 6.45) is 3.55. The Bertz CT molecular complexity index is 394. The van der Waals surface area contributed by atoms with E-state index in [2.05, 4.69) is 5.32 Å². The Balaban J connectivity index is 1.90. The predicted molar refractivity (Wildman–Crippen MR) is 73.2 cm³/mol. The van der Waals surface area contributed by atoms with Crippen molar-refractivity contribution in [3.63, 3.8) is 0 Å². The van der Waals surface area contributed by atoms with Gasteiger partial charge in [0.25, 0.3) is 0 Å². The maximum Gasteiger partial charge on any atom is 0.152 e. The second-order valence-corrected chi connectivity index (χ2v) is 5.61. The van der Waals surface area contributed by atoms with Gasteiger partial charge in [0.2, 0.25) is 0 Å². The Morgan fingerprint density at radius 3 is 2.22 bits per heavy atom. The van der Waals surface area contributed by atoms with Gasteiger partial charge in [-0.3, -0.25) is 0 Å². The first-order valence-electron chi connectivity index (χ1n) is 6.14. The fraction of sp³-hybridized carbons (Fsp3) is 0.538. The zero-order valence-corrected chi connectivity index (χ0v) is 11.5. The predicted octanol–water partition coefficient (Wildman–Crippen LogP) is 3.09. The van der Waals surface area contributed by atoms with Crippen molar-refractivity contribution >= 4 is 23.2 Å². The van der Waals surface area contributed by atoms with Crippen molar-refractivity contribution in [1.82, 2.24) is 5.32 Å². The van der Waals surface area contributed by atoms with E-state index in [1.54, 1.807) is 12.1 Å². The van der Waals surface area contributed by atoms with Gasteiger partial charge in [-0.1, -0.05) is 23.2 Å². The zero-order chi connectivity index (χ0) is 13.1. The van der Waals surface area contributed by atoms with Gasteiger partial charge in [0.1, 0.15) is 0 Å². The SMILES string of the molecule is Oc1c(Cl)cc(CNC2CCC(O)CC2)cc1Cl. The van der Waals surface area contributed by atoms with Crippen LogP contribution in [0.4, 0.5) is 0 Å². The summed E-state index contributed by atoms with van der Waals surface area (Å²) in [5.74, 6) is -0.0668. The number of nitrogens with one attached hydrogen (secondary N) is 1. The minimum absolute atomic E-state index is 0.0668. The zero-order valence-electron chi connectivity index (χ0n) is 10.00. The van der Waals surface area contributed by atoms with E-state index in [0.29, 0.717) is 12.6 Å². The molecule has 100 valence electrons. The molecule has 2 rings (SSSR count). The number of aliphatic hydroxyl groups is 1. The van der Waals surface area contributed by atoms with Gasteiger partial charge in [0.05, 0.1) is 16.1 Å². The van der Waals surface area contributed by atoms with Crippen LogP contribution < -0.4 is 5.32 Å². The monoisotopic (exact) mass is 289 g/mol. The summed E-state index contributed by atoms with van der Waals surface area (Å²) in [6.45, 7) is 0.667. The van der Waals surface area contributed by atoms with Gasteiger partial charge in [-0.2, -0.15) is 0 Å². The molecule has 0 heterocycles. The second kappa shape index (κ2) is 6.11. The van der Waals surface area contributed by atoms with E-state index in [1.165, 1.54) is 0 Å². The molecule has 0 unspecified atom stereocenters. The number of hydrogen-bond acceptors (Lipinski definition) is 3. The van der Waals surface area contributed by atoms with Crippen LogP contribution in [0.3, 0.4) is 0 Å². The molecule has 1 fully saturated rings. The number of aliphatic hydroxyl groups excluding tert-OH is 1. The number of benzene rings is 1. The quantitative estimate of drug-likeness (QED) is 0.802. The van der Waals surface area contributed by atoms with Crippen LogP contribution >= 0.6 is 23.2 Å². The third-order valence-corrected chi connectivity index (χ3v) is 3.94. The topological polar surface area (TPSA) is 52.5 Å². The van der Waals surface area contributed by atoms with Crippen LogP contribution in [0, 0.1) is 0 Å². The highest BCUT2D eigenvalue weighted by Crippen LogP contribution is 2.32. The highest BCUT2D eigenvalue weighted by atomic mass is 35.5. The molecule has 1 saturated carbocycles. The maximum atomic E-state index is 9.46. The van der Waals surface area contributed by atoms with Crippen LogP contribution in [-0.4, -0.2) is 22.4 Å². The van der Waals surface area contributed by atoms with Crippen molar-refractivity contribution < 1.29 is 10.2 Å². The number of phenolic OH excluding ortho intramolecular Hbond substituents is 1. The Morgan fingerprint density at radius 2 is 1.67 bits per heavy atom. The summed E-state index contributed by atoms with van der Waals surface area (Å²) in [5.41, 5.74) is 0.953. The fourth-order valence-corrected chi connectivity index (χ4v) is 2.79. The first kappa shape index (κ1) is 13.9. The van der Waals surface area contributed by atoms with Gasteiger partial charge < -0.3 is 15.5 Å². The van der Waals surface area contributed by atoms with Gasteiger partial charge in [-0.05, 0) is 43.4 Å². The lowest BCUT2D eigenvalue weighted by atomic mass is 9.93. The minimum atomic E-state index is -0.138. The summed E-state index contributed by atoms with van der Waals surface area (Å²) >= 11 is 11.7. The number of rotatable bonds is 3. The average molecular weight is 290 g/mol. The summed E-state index contributed by atoms with van der Waals surface area (Å²) in [7, 11) is 0. The van der Waals surface area contributed by atoms with E-state index in [-0.39, 0.29) is 21.9 Å². The molecule has 1 aliphatic carbocycles. The van der Waals surface area contributed by atoms with Crippen molar-refractivity contribution in [2.45, 2.75) is 44.4 Å². The third-order valence-electron chi connectivity index (χ3n) is 3.37. The minimum Gasteiger partial charge on any atom is -0.505 e. The van der Waals surface area contributed by atoms with Crippen molar-refractivity contribution in [3.05, 3.63) is 27.7 Å². The molecule has 0 spiro atoms. The Morgan fingerprint density at radius 1 is 1.11 bits per heavy atom. The molecule has 3 nitrogen and oxygen atoms in total. The van der Waals surface area contributed by atoms with Crippen molar-refractivity contribution in [2.75, 3.05) is 0 Å². The molecular formula is C13H17Cl2NO2. The van der Waals surface area contributed by atoms with Crippen LogP contribution in [0.1, 0.15) is 31.2 Å². The van der Waals surface area contributed by atoms with Gasteiger partial charge >= 0.3 is 0 Å². The standard InChI is InChI=1S/C13H17Cl2NO2/c14-11-5-8(6-12(15)13(11)18)7-16-9-1-3-10(17)4-2-9/h5-6,9-10,16-18H,1-4,7H2. The number of aromatic hydroxyl groups is 1. The van der Waals surface area contributed by atoms with E-state index in [1.807, 2.05) is 0 Å². The number of hydrogen-bond donors (Lipinski definition) is 3. The van der Waals surface area contributed by atoms with E-state index in [4.69, 9.17) is 23.2 Å². The van der Waals surface area contributed by atoms with E-state index < -0.39 is 0 Å². The first-order chi connectivity index (χ1) is 8.56. The molecule has 1 aliphatic rings. The van der Waals surface area contributed by atoms with Crippen molar-refractivity contribution in [2.24, 2.45) is 0 Å². The van der Waals surface area contributed by atoms with Gasteiger partial charge in [-0.25, -0.2) is 0 Å². The molecule has 0 aliphatic heterocycles. The molecule has 0 saturated heterocycles. The maximum absolute atomic E-state index is 9.46. The first-order valence-corrected chi connectivity index (χ1v) is 6.90. The smallest absolute Gasteiger partial charge is 0.152 e. The number of phenols is 1.